The molecule has 0 bridgehead atoms. The molecule has 0 aliphatic rings. The lowest BCUT2D eigenvalue weighted by Crippen LogP contribution is -2.12. The summed E-state index contributed by atoms with van der Waals surface area (Å²) in [6.07, 6.45) is 2.15. The van der Waals surface area contributed by atoms with E-state index in [1.807, 2.05) is 0 Å². The van der Waals surface area contributed by atoms with Gasteiger partial charge < -0.3 is 14.4 Å². The van der Waals surface area contributed by atoms with Gasteiger partial charge in [0.2, 0.25) is 0 Å². The molecule has 7 nitrogen and oxygen atoms in total. The average Bonchev–Trinajstić information content (AvgIpc) is 2.72. The minimum Gasteiger partial charge on any atom is -0.477 e. The van der Waals surface area contributed by atoms with Gasteiger partial charge in [0.1, 0.15) is 5.69 Å². The van der Waals surface area contributed by atoms with E-state index in [4.69, 9.17) is 9.84 Å². The van der Waals surface area contributed by atoms with Gasteiger partial charge in [0.15, 0.2) is 0 Å². The van der Waals surface area contributed by atoms with Crippen LogP contribution in [-0.2, 0) is 11.3 Å². The minimum atomic E-state index is -1.18. The minimum absolute atomic E-state index is 0.0980. The van der Waals surface area contributed by atoms with Crippen molar-refractivity contribution >= 4 is 11.7 Å². The van der Waals surface area contributed by atoms with Crippen molar-refractivity contribution in [1.29, 1.82) is 0 Å². The molecule has 19 heavy (non-hydrogen) atoms. The van der Waals surface area contributed by atoms with Crippen LogP contribution in [0.3, 0.4) is 0 Å². The Bertz CT molecular complexity index is 453. The summed E-state index contributed by atoms with van der Waals surface area (Å²) in [4.78, 5) is 21.0. The fourth-order valence-corrected chi connectivity index (χ4v) is 1.54. The number of rotatable bonds is 8. The molecule has 1 aromatic rings. The molecule has 0 saturated carbocycles. The number of carboxylic acids is 1. The van der Waals surface area contributed by atoms with Crippen LogP contribution < -0.4 is 0 Å². The molecule has 0 radical (unpaired) electrons. The van der Waals surface area contributed by atoms with Crippen LogP contribution in [-0.4, -0.2) is 33.8 Å². The molecular weight excluding hydrogens is 252 g/mol. The van der Waals surface area contributed by atoms with Crippen molar-refractivity contribution in [2.24, 2.45) is 5.92 Å². The highest BCUT2D eigenvalue weighted by molar-refractivity contribution is 5.86. The van der Waals surface area contributed by atoms with Gasteiger partial charge in [-0.05, 0) is 12.3 Å². The quantitative estimate of drug-likeness (QED) is 0.443. The SMILES string of the molecule is CC(C)CCOCCn1cc([N+](=O)[O-])cc1C(=O)O. The lowest BCUT2D eigenvalue weighted by atomic mass is 10.1. The van der Waals surface area contributed by atoms with Gasteiger partial charge in [0.25, 0.3) is 5.69 Å². The van der Waals surface area contributed by atoms with Crippen LogP contribution in [0.1, 0.15) is 30.8 Å². The van der Waals surface area contributed by atoms with Gasteiger partial charge in [-0.25, -0.2) is 4.79 Å². The van der Waals surface area contributed by atoms with Gasteiger partial charge in [-0.2, -0.15) is 0 Å². The largest absolute Gasteiger partial charge is 0.477 e. The number of aromatic nitrogens is 1. The molecule has 0 aromatic carbocycles. The summed E-state index contributed by atoms with van der Waals surface area (Å²) >= 11 is 0. The van der Waals surface area contributed by atoms with Crippen LogP contribution >= 0.6 is 0 Å². The zero-order valence-electron chi connectivity index (χ0n) is 11.0. The second kappa shape index (κ2) is 6.89. The van der Waals surface area contributed by atoms with E-state index in [9.17, 15) is 14.9 Å². The predicted molar refractivity (Wildman–Crippen MR) is 68.3 cm³/mol. The molecule has 0 fully saturated rings. The van der Waals surface area contributed by atoms with Gasteiger partial charge in [-0.3, -0.25) is 10.1 Å². The van der Waals surface area contributed by atoms with E-state index in [1.54, 1.807) is 0 Å². The van der Waals surface area contributed by atoms with Crippen molar-refractivity contribution in [2.75, 3.05) is 13.2 Å². The molecule has 106 valence electrons. The van der Waals surface area contributed by atoms with Crippen molar-refractivity contribution in [2.45, 2.75) is 26.8 Å². The zero-order chi connectivity index (χ0) is 14.4. The smallest absolute Gasteiger partial charge is 0.352 e. The maximum Gasteiger partial charge on any atom is 0.352 e. The fourth-order valence-electron chi connectivity index (χ4n) is 1.54. The number of ether oxygens (including phenoxy) is 1. The van der Waals surface area contributed by atoms with Crippen LogP contribution in [0.25, 0.3) is 0 Å². The van der Waals surface area contributed by atoms with E-state index in [2.05, 4.69) is 13.8 Å². The lowest BCUT2D eigenvalue weighted by molar-refractivity contribution is -0.384. The van der Waals surface area contributed by atoms with Crippen LogP contribution in [0.15, 0.2) is 12.3 Å². The van der Waals surface area contributed by atoms with E-state index in [-0.39, 0.29) is 17.9 Å². The first-order chi connectivity index (χ1) is 8.91. The number of nitro groups is 1. The predicted octanol–water partition coefficient (Wildman–Crippen LogP) is 2.16. The molecule has 0 aliphatic carbocycles. The summed E-state index contributed by atoms with van der Waals surface area (Å²) in [5, 5.41) is 19.6. The van der Waals surface area contributed by atoms with E-state index >= 15 is 0 Å². The van der Waals surface area contributed by atoms with E-state index in [1.165, 1.54) is 10.8 Å². The second-order valence-corrected chi connectivity index (χ2v) is 4.63. The summed E-state index contributed by atoms with van der Waals surface area (Å²) in [5.41, 5.74) is -0.321. The van der Waals surface area contributed by atoms with Crippen LogP contribution in [0.2, 0.25) is 0 Å². The molecule has 0 saturated heterocycles. The van der Waals surface area contributed by atoms with Crippen molar-refractivity contribution in [3.63, 3.8) is 0 Å². The number of hydrogen-bond acceptors (Lipinski definition) is 4. The molecule has 0 atom stereocenters. The molecule has 0 unspecified atom stereocenters. The first kappa shape index (κ1) is 15.2. The molecule has 1 heterocycles. The molecule has 1 N–H and O–H groups in total. The van der Waals surface area contributed by atoms with Crippen molar-refractivity contribution < 1.29 is 19.6 Å². The van der Waals surface area contributed by atoms with Gasteiger partial charge in [-0.1, -0.05) is 13.8 Å². The van der Waals surface area contributed by atoms with Crippen molar-refractivity contribution in [1.82, 2.24) is 4.57 Å². The molecule has 0 amide bonds. The van der Waals surface area contributed by atoms with Gasteiger partial charge in [0, 0.05) is 19.2 Å². The zero-order valence-corrected chi connectivity index (χ0v) is 11.0. The van der Waals surface area contributed by atoms with E-state index in [0.29, 0.717) is 19.1 Å². The third-order valence-electron chi connectivity index (χ3n) is 2.63. The number of carboxylic acid groups (broad SMARTS) is 1. The first-order valence-electron chi connectivity index (χ1n) is 6.07. The summed E-state index contributed by atoms with van der Waals surface area (Å²) in [5.74, 6) is -0.641. The number of nitrogens with zero attached hydrogens (tertiary/aromatic N) is 2. The molecule has 0 aliphatic heterocycles. The van der Waals surface area contributed by atoms with E-state index < -0.39 is 10.9 Å². The lowest BCUT2D eigenvalue weighted by Gasteiger charge is -2.08. The molecule has 7 heteroatoms. The second-order valence-electron chi connectivity index (χ2n) is 4.63. The third-order valence-corrected chi connectivity index (χ3v) is 2.63. The molecule has 1 aromatic heterocycles. The highest BCUT2D eigenvalue weighted by atomic mass is 16.6. The van der Waals surface area contributed by atoms with E-state index in [0.717, 1.165) is 12.5 Å². The maximum absolute atomic E-state index is 11.0. The van der Waals surface area contributed by atoms with Gasteiger partial charge >= 0.3 is 5.97 Å². The maximum atomic E-state index is 11.0. The van der Waals surface area contributed by atoms with Crippen LogP contribution in [0.4, 0.5) is 5.69 Å². The van der Waals surface area contributed by atoms with Crippen LogP contribution in [0.5, 0.6) is 0 Å². The number of hydrogen-bond donors (Lipinski definition) is 1. The summed E-state index contributed by atoms with van der Waals surface area (Å²) in [7, 11) is 0. The third kappa shape index (κ3) is 4.70. The Hall–Kier alpha value is -1.89. The highest BCUT2D eigenvalue weighted by Gasteiger charge is 2.18. The van der Waals surface area contributed by atoms with Crippen molar-refractivity contribution in [3.8, 4) is 0 Å². The Labute approximate surface area is 110 Å². The standard InChI is InChI=1S/C12H18N2O5/c1-9(2)3-5-19-6-4-13-8-10(14(17)18)7-11(13)12(15)16/h7-9H,3-6H2,1-2H3,(H,15,16). The summed E-state index contributed by atoms with van der Waals surface area (Å²) in [6, 6.07) is 1.05. The number of aromatic carboxylic acids is 1. The Kier molecular flexibility index (Phi) is 5.50. The highest BCUT2D eigenvalue weighted by Crippen LogP contribution is 2.16. The fraction of sp³-hybridized carbons (Fsp3) is 0.583. The first-order valence-corrected chi connectivity index (χ1v) is 6.07. The Morgan fingerprint density at radius 2 is 2.21 bits per heavy atom. The average molecular weight is 270 g/mol. The monoisotopic (exact) mass is 270 g/mol. The summed E-state index contributed by atoms with van der Waals surface area (Å²) in [6.45, 7) is 5.39. The molecule has 1 rings (SSSR count). The van der Waals surface area contributed by atoms with Gasteiger partial charge in [0.05, 0.1) is 17.7 Å². The molecule has 0 spiro atoms. The molecular formula is C12H18N2O5. The summed E-state index contributed by atoms with van der Waals surface area (Å²) < 4.78 is 6.70. The number of carbonyl (C=O) groups is 1. The Balaban J connectivity index is 2.57. The van der Waals surface area contributed by atoms with Crippen molar-refractivity contribution in [3.05, 3.63) is 28.1 Å². The topological polar surface area (TPSA) is 94.6 Å². The normalized spacial score (nSPS) is 10.9. The Morgan fingerprint density at radius 3 is 2.74 bits per heavy atom. The van der Waals surface area contributed by atoms with Gasteiger partial charge in [-0.15, -0.1) is 0 Å². The van der Waals surface area contributed by atoms with Crippen LogP contribution in [0, 0.1) is 16.0 Å². The Morgan fingerprint density at radius 1 is 1.53 bits per heavy atom.